The molecule has 1 aliphatic heterocycles. The molecule has 0 spiro atoms. The van der Waals surface area contributed by atoms with Crippen LogP contribution in [0.1, 0.15) is 35.6 Å². The van der Waals surface area contributed by atoms with Crippen molar-refractivity contribution in [2.24, 2.45) is 0 Å². The Morgan fingerprint density at radius 3 is 2.54 bits per heavy atom. The summed E-state index contributed by atoms with van der Waals surface area (Å²) in [5.74, 6) is -0.319. The van der Waals surface area contributed by atoms with Gasteiger partial charge in [0, 0.05) is 11.1 Å². The molecule has 0 amide bonds. The lowest BCUT2D eigenvalue weighted by atomic mass is 9.86. The highest BCUT2D eigenvalue weighted by molar-refractivity contribution is 5.50. The van der Waals surface area contributed by atoms with Gasteiger partial charge in [0.25, 0.3) is 0 Å². The summed E-state index contributed by atoms with van der Waals surface area (Å²) in [7, 11) is 4.09. The fourth-order valence-corrected chi connectivity index (χ4v) is 3.31. The molecule has 0 saturated carbocycles. The average molecular weight is 324 g/mol. The summed E-state index contributed by atoms with van der Waals surface area (Å²) in [6.45, 7) is 0.970. The normalized spacial score (nSPS) is 22.4. The molecule has 1 aliphatic rings. The Balaban J connectivity index is 1.97. The van der Waals surface area contributed by atoms with Gasteiger partial charge in [-0.05, 0) is 51.2 Å². The van der Waals surface area contributed by atoms with Crippen LogP contribution in [-0.4, -0.2) is 25.5 Å². The molecule has 3 nitrogen and oxygen atoms in total. The van der Waals surface area contributed by atoms with Crippen LogP contribution in [0.2, 0.25) is 0 Å². The topological polar surface area (TPSA) is 36.3 Å². The van der Waals surface area contributed by atoms with Crippen molar-refractivity contribution >= 4 is 0 Å². The van der Waals surface area contributed by atoms with Crippen molar-refractivity contribution in [3.63, 3.8) is 0 Å². The second kappa shape index (κ2) is 6.72. The summed E-state index contributed by atoms with van der Waals surface area (Å²) in [6.07, 6.45) is 1.71. The van der Waals surface area contributed by atoms with E-state index in [1.165, 1.54) is 12.1 Å². The summed E-state index contributed by atoms with van der Waals surface area (Å²) in [4.78, 5) is 2.14. The fraction of sp³-hybridized carbons (Fsp3) is 0.350. The smallest absolute Gasteiger partial charge is 0.206 e. The van der Waals surface area contributed by atoms with Gasteiger partial charge in [0.1, 0.15) is 11.9 Å². The molecule has 3 rings (SSSR count). The molecule has 1 heterocycles. The highest BCUT2D eigenvalue weighted by Gasteiger charge is 2.46. The van der Waals surface area contributed by atoms with Crippen molar-refractivity contribution in [3.05, 3.63) is 71.0 Å². The first-order chi connectivity index (χ1) is 11.6. The predicted molar refractivity (Wildman–Crippen MR) is 90.8 cm³/mol. The van der Waals surface area contributed by atoms with Gasteiger partial charge in [-0.3, -0.25) is 0 Å². The largest absolute Gasteiger partial charge is 0.344 e. The molecule has 0 radical (unpaired) electrons. The van der Waals surface area contributed by atoms with Crippen LogP contribution in [0.15, 0.2) is 48.5 Å². The molecule has 4 heteroatoms. The highest BCUT2D eigenvalue weighted by atomic mass is 19.1. The maximum atomic E-state index is 13.3. The Bertz CT molecular complexity index is 751. The highest BCUT2D eigenvalue weighted by Crippen LogP contribution is 2.48. The van der Waals surface area contributed by atoms with E-state index in [1.807, 2.05) is 38.4 Å². The minimum absolute atomic E-state index is 0.120. The van der Waals surface area contributed by atoms with Gasteiger partial charge in [-0.2, -0.15) is 5.26 Å². The van der Waals surface area contributed by atoms with Crippen LogP contribution in [0.5, 0.6) is 0 Å². The van der Waals surface area contributed by atoms with Gasteiger partial charge in [-0.1, -0.05) is 36.4 Å². The number of hydrogen-bond donors (Lipinski definition) is 0. The molecule has 2 unspecified atom stereocenters. The van der Waals surface area contributed by atoms with Gasteiger partial charge in [0.2, 0.25) is 5.60 Å². The summed E-state index contributed by atoms with van der Waals surface area (Å²) in [5, 5.41) is 9.94. The number of fused-ring (bicyclic) bond motifs is 1. The van der Waals surface area contributed by atoms with Crippen molar-refractivity contribution in [3.8, 4) is 6.07 Å². The molecule has 2 aromatic carbocycles. The van der Waals surface area contributed by atoms with Gasteiger partial charge in [0.15, 0.2) is 0 Å². The molecule has 0 aliphatic carbocycles. The van der Waals surface area contributed by atoms with Crippen molar-refractivity contribution < 1.29 is 9.13 Å². The van der Waals surface area contributed by atoms with Crippen LogP contribution in [0, 0.1) is 17.1 Å². The van der Waals surface area contributed by atoms with Crippen molar-refractivity contribution in [1.29, 1.82) is 5.26 Å². The van der Waals surface area contributed by atoms with Gasteiger partial charge in [0.05, 0.1) is 6.10 Å². The van der Waals surface area contributed by atoms with E-state index in [2.05, 4.69) is 11.0 Å². The van der Waals surface area contributed by atoms with E-state index >= 15 is 0 Å². The molecular formula is C20H21FN2O. The SMILES string of the molecule is CN(C)CCCC1OC(C#N)(c2ccc(F)cc2)c2ccccc21. The zero-order valence-electron chi connectivity index (χ0n) is 14.0. The van der Waals surface area contributed by atoms with Crippen LogP contribution < -0.4 is 0 Å². The molecular weight excluding hydrogens is 303 g/mol. The first kappa shape index (κ1) is 16.6. The van der Waals surface area contributed by atoms with Crippen molar-refractivity contribution in [2.75, 3.05) is 20.6 Å². The van der Waals surface area contributed by atoms with E-state index in [-0.39, 0.29) is 11.9 Å². The molecule has 2 atom stereocenters. The predicted octanol–water partition coefficient (Wildman–Crippen LogP) is 4.01. The third-order valence-electron chi connectivity index (χ3n) is 4.49. The average Bonchev–Trinajstić information content (AvgIpc) is 2.91. The minimum Gasteiger partial charge on any atom is -0.344 e. The number of ether oxygens (including phenoxy) is 1. The van der Waals surface area contributed by atoms with Crippen LogP contribution >= 0.6 is 0 Å². The van der Waals surface area contributed by atoms with Crippen LogP contribution in [0.3, 0.4) is 0 Å². The Hall–Kier alpha value is -2.22. The van der Waals surface area contributed by atoms with E-state index in [1.54, 1.807) is 12.1 Å². The number of nitriles is 1. The van der Waals surface area contributed by atoms with Crippen molar-refractivity contribution in [2.45, 2.75) is 24.5 Å². The van der Waals surface area contributed by atoms with E-state index < -0.39 is 5.60 Å². The molecule has 2 aromatic rings. The van der Waals surface area contributed by atoms with Gasteiger partial charge >= 0.3 is 0 Å². The summed E-state index contributed by atoms with van der Waals surface area (Å²) < 4.78 is 19.6. The second-order valence-electron chi connectivity index (χ2n) is 6.44. The first-order valence-corrected chi connectivity index (χ1v) is 8.16. The Morgan fingerprint density at radius 2 is 1.88 bits per heavy atom. The first-order valence-electron chi connectivity index (χ1n) is 8.16. The lowest BCUT2D eigenvalue weighted by Crippen LogP contribution is -2.25. The number of hydrogen-bond acceptors (Lipinski definition) is 3. The van der Waals surface area contributed by atoms with Crippen LogP contribution in [-0.2, 0) is 10.3 Å². The number of benzene rings is 2. The van der Waals surface area contributed by atoms with Gasteiger partial charge < -0.3 is 9.64 Å². The Labute approximate surface area is 142 Å². The molecule has 0 N–H and O–H groups in total. The Morgan fingerprint density at radius 1 is 1.17 bits per heavy atom. The Kier molecular flexibility index (Phi) is 4.66. The minimum atomic E-state index is -1.16. The molecule has 0 aromatic heterocycles. The lowest BCUT2D eigenvalue weighted by molar-refractivity contribution is -0.0181. The molecule has 0 saturated heterocycles. The van der Waals surface area contributed by atoms with Crippen molar-refractivity contribution in [1.82, 2.24) is 4.90 Å². The molecule has 0 bridgehead atoms. The van der Waals surface area contributed by atoms with Gasteiger partial charge in [-0.25, -0.2) is 4.39 Å². The maximum absolute atomic E-state index is 13.3. The standard InChI is InChI=1S/C20H21FN2O/c1-23(2)13-5-8-19-17-6-3-4-7-18(17)20(14-22,24-19)15-9-11-16(21)12-10-15/h3-4,6-7,9-12,19H,5,8,13H2,1-2H3. The quantitative estimate of drug-likeness (QED) is 0.834. The third-order valence-corrected chi connectivity index (χ3v) is 4.49. The van der Waals surface area contributed by atoms with Crippen LogP contribution in [0.4, 0.5) is 4.39 Å². The molecule has 124 valence electrons. The number of rotatable bonds is 5. The summed E-state index contributed by atoms with van der Waals surface area (Å²) in [6, 6.07) is 16.2. The second-order valence-corrected chi connectivity index (χ2v) is 6.44. The van der Waals surface area contributed by atoms with E-state index in [0.717, 1.165) is 30.5 Å². The monoisotopic (exact) mass is 324 g/mol. The lowest BCUT2D eigenvalue weighted by Gasteiger charge is -2.24. The maximum Gasteiger partial charge on any atom is 0.206 e. The zero-order chi connectivity index (χ0) is 17.2. The van der Waals surface area contributed by atoms with E-state index in [4.69, 9.17) is 4.74 Å². The van der Waals surface area contributed by atoms with E-state index in [0.29, 0.717) is 5.56 Å². The van der Waals surface area contributed by atoms with E-state index in [9.17, 15) is 9.65 Å². The number of halogens is 1. The van der Waals surface area contributed by atoms with Crippen LogP contribution in [0.25, 0.3) is 0 Å². The molecule has 24 heavy (non-hydrogen) atoms. The summed E-state index contributed by atoms with van der Waals surface area (Å²) >= 11 is 0. The fourth-order valence-electron chi connectivity index (χ4n) is 3.31. The third kappa shape index (κ3) is 2.93. The number of nitrogens with zero attached hydrogens (tertiary/aromatic N) is 2. The zero-order valence-corrected chi connectivity index (χ0v) is 14.0. The van der Waals surface area contributed by atoms with Gasteiger partial charge in [-0.15, -0.1) is 0 Å². The summed E-state index contributed by atoms with van der Waals surface area (Å²) in [5.41, 5.74) is 1.44. The molecule has 0 fully saturated rings.